The molecule has 40 heavy (non-hydrogen) atoms. The van der Waals surface area contributed by atoms with Gasteiger partial charge in [0.25, 0.3) is 0 Å². The van der Waals surface area contributed by atoms with Gasteiger partial charge in [-0.2, -0.15) is 0 Å². The predicted molar refractivity (Wildman–Crippen MR) is 158 cm³/mol. The molecular formula is C30H43FN4O4Si. The number of hydrogen-bond acceptors (Lipinski definition) is 8. The highest BCUT2D eigenvalue weighted by molar-refractivity contribution is 6.74. The van der Waals surface area contributed by atoms with E-state index >= 15 is 4.39 Å². The van der Waals surface area contributed by atoms with Crippen LogP contribution in [0, 0.1) is 25.6 Å². The van der Waals surface area contributed by atoms with E-state index in [-0.39, 0.29) is 22.7 Å². The fraction of sp³-hybridized carbons (Fsp3) is 0.567. The number of aryl methyl sites for hydroxylation is 2. The minimum absolute atomic E-state index is 0.0567. The van der Waals surface area contributed by atoms with E-state index in [1.54, 1.807) is 13.8 Å². The molecule has 1 atom stereocenters. The minimum Gasteiger partial charge on any atom is -0.491 e. The van der Waals surface area contributed by atoms with Crippen LogP contribution in [0.15, 0.2) is 28.8 Å². The lowest BCUT2D eigenvalue weighted by atomic mass is 10.0. The summed E-state index contributed by atoms with van der Waals surface area (Å²) in [6, 6.07) is 7.56. The zero-order valence-corrected chi connectivity index (χ0v) is 26.1. The van der Waals surface area contributed by atoms with Crippen LogP contribution in [0.4, 0.5) is 10.2 Å². The van der Waals surface area contributed by atoms with E-state index in [1.165, 1.54) is 0 Å². The van der Waals surface area contributed by atoms with Crippen molar-refractivity contribution in [2.45, 2.75) is 78.6 Å². The summed E-state index contributed by atoms with van der Waals surface area (Å²) < 4.78 is 39.2. The fourth-order valence-corrected chi connectivity index (χ4v) is 5.95. The van der Waals surface area contributed by atoms with Crippen molar-refractivity contribution in [1.82, 2.24) is 15.1 Å². The van der Waals surface area contributed by atoms with Gasteiger partial charge in [0.2, 0.25) is 0 Å². The highest BCUT2D eigenvalue weighted by Crippen LogP contribution is 2.37. The lowest BCUT2D eigenvalue weighted by Gasteiger charge is -2.38. The SMILES string of the molecule is Cc1noc(C)c1-c1nc(-c2cccc(OCC(C)O[Si](C)(C)C(C)(C)C)c2)nc(NCC2CCOCC2)c1F. The second kappa shape index (κ2) is 12.4. The Balaban J connectivity index is 1.60. The first-order valence-corrected chi connectivity index (χ1v) is 17.0. The number of rotatable bonds is 10. The molecule has 0 amide bonds. The highest BCUT2D eigenvalue weighted by atomic mass is 28.4. The summed E-state index contributed by atoms with van der Waals surface area (Å²) in [7, 11) is -1.91. The third-order valence-corrected chi connectivity index (χ3v) is 12.5. The number of nitrogens with zero attached hydrogens (tertiary/aromatic N) is 3. The van der Waals surface area contributed by atoms with Crippen molar-refractivity contribution >= 4 is 14.1 Å². The first-order valence-electron chi connectivity index (χ1n) is 14.1. The van der Waals surface area contributed by atoms with Crippen molar-refractivity contribution in [3.63, 3.8) is 0 Å². The maximum atomic E-state index is 15.8. The summed E-state index contributed by atoms with van der Waals surface area (Å²) in [5.41, 5.74) is 2.00. The van der Waals surface area contributed by atoms with Gasteiger partial charge in [-0.05, 0) is 69.8 Å². The van der Waals surface area contributed by atoms with Crippen LogP contribution in [0.2, 0.25) is 18.1 Å². The molecule has 0 radical (unpaired) electrons. The predicted octanol–water partition coefficient (Wildman–Crippen LogP) is 7.18. The Hall–Kier alpha value is -2.82. The van der Waals surface area contributed by atoms with Gasteiger partial charge in [0.15, 0.2) is 25.8 Å². The summed E-state index contributed by atoms with van der Waals surface area (Å²) in [4.78, 5) is 9.27. The first kappa shape index (κ1) is 30.1. The van der Waals surface area contributed by atoms with Gasteiger partial charge in [-0.3, -0.25) is 0 Å². The number of anilines is 1. The lowest BCUT2D eigenvalue weighted by Crippen LogP contribution is -2.44. The summed E-state index contributed by atoms with van der Waals surface area (Å²) >= 11 is 0. The van der Waals surface area contributed by atoms with Crippen molar-refractivity contribution in [2.75, 3.05) is 31.7 Å². The van der Waals surface area contributed by atoms with E-state index in [0.29, 0.717) is 47.7 Å². The molecule has 1 aliphatic heterocycles. The molecule has 1 unspecified atom stereocenters. The van der Waals surface area contributed by atoms with Crippen LogP contribution in [0.3, 0.4) is 0 Å². The molecule has 8 nitrogen and oxygen atoms in total. The molecule has 3 aromatic rings. The monoisotopic (exact) mass is 570 g/mol. The lowest BCUT2D eigenvalue weighted by molar-refractivity contribution is 0.0699. The van der Waals surface area contributed by atoms with Gasteiger partial charge < -0.3 is 23.7 Å². The molecule has 1 N–H and O–H groups in total. The molecule has 4 rings (SSSR count). The average Bonchev–Trinajstić information content (AvgIpc) is 3.24. The van der Waals surface area contributed by atoms with Crippen molar-refractivity contribution in [2.24, 2.45) is 5.92 Å². The van der Waals surface area contributed by atoms with Crippen molar-refractivity contribution in [3.05, 3.63) is 41.5 Å². The van der Waals surface area contributed by atoms with Crippen molar-refractivity contribution in [1.29, 1.82) is 0 Å². The molecule has 218 valence electrons. The Morgan fingerprint density at radius 2 is 1.88 bits per heavy atom. The van der Waals surface area contributed by atoms with Gasteiger partial charge in [-0.25, -0.2) is 14.4 Å². The Kier molecular flexibility index (Phi) is 9.32. The average molecular weight is 571 g/mol. The molecule has 1 aliphatic rings. The Labute approximate surface area is 238 Å². The number of nitrogens with one attached hydrogen (secondary N) is 1. The van der Waals surface area contributed by atoms with E-state index in [2.05, 4.69) is 54.3 Å². The number of ether oxygens (including phenoxy) is 2. The van der Waals surface area contributed by atoms with E-state index in [4.69, 9.17) is 18.4 Å². The van der Waals surface area contributed by atoms with Gasteiger partial charge >= 0.3 is 0 Å². The van der Waals surface area contributed by atoms with Crippen LogP contribution < -0.4 is 10.1 Å². The van der Waals surface area contributed by atoms with Crippen molar-refractivity contribution < 1.29 is 22.8 Å². The molecule has 10 heteroatoms. The zero-order valence-electron chi connectivity index (χ0n) is 25.1. The molecule has 1 aromatic carbocycles. The largest absolute Gasteiger partial charge is 0.491 e. The Morgan fingerprint density at radius 3 is 2.52 bits per heavy atom. The molecule has 0 bridgehead atoms. The summed E-state index contributed by atoms with van der Waals surface area (Å²) in [6.07, 6.45) is 1.80. The minimum atomic E-state index is -1.91. The second-order valence-corrected chi connectivity index (χ2v) is 17.0. The van der Waals surface area contributed by atoms with E-state index in [0.717, 1.165) is 31.6 Å². The van der Waals surface area contributed by atoms with Gasteiger partial charge in [0.1, 0.15) is 23.8 Å². The van der Waals surface area contributed by atoms with Crippen LogP contribution in [0.1, 0.15) is 52.0 Å². The Bertz CT molecular complexity index is 1280. The highest BCUT2D eigenvalue weighted by Gasteiger charge is 2.38. The topological polar surface area (TPSA) is 91.5 Å². The number of aromatic nitrogens is 3. The van der Waals surface area contributed by atoms with Crippen LogP contribution in [-0.2, 0) is 9.16 Å². The molecule has 1 fully saturated rings. The van der Waals surface area contributed by atoms with E-state index in [9.17, 15) is 0 Å². The molecular weight excluding hydrogens is 527 g/mol. The maximum absolute atomic E-state index is 15.8. The fourth-order valence-electron chi connectivity index (χ4n) is 4.52. The maximum Gasteiger partial charge on any atom is 0.192 e. The molecule has 0 saturated carbocycles. The molecule has 0 aliphatic carbocycles. The van der Waals surface area contributed by atoms with Crippen LogP contribution >= 0.6 is 0 Å². The zero-order chi connectivity index (χ0) is 29.1. The third kappa shape index (κ3) is 7.08. The van der Waals surface area contributed by atoms with Crippen LogP contribution in [0.25, 0.3) is 22.6 Å². The van der Waals surface area contributed by atoms with Gasteiger partial charge in [-0.15, -0.1) is 0 Å². The van der Waals surface area contributed by atoms with Crippen molar-refractivity contribution in [3.8, 4) is 28.4 Å². The van der Waals surface area contributed by atoms with Gasteiger partial charge in [-0.1, -0.05) is 38.1 Å². The number of hydrogen-bond donors (Lipinski definition) is 1. The molecule has 3 heterocycles. The Morgan fingerprint density at radius 1 is 1.15 bits per heavy atom. The third-order valence-electron chi connectivity index (χ3n) is 7.90. The van der Waals surface area contributed by atoms with Crippen LogP contribution in [-0.4, -0.2) is 55.9 Å². The van der Waals surface area contributed by atoms with E-state index < -0.39 is 14.1 Å². The number of benzene rings is 1. The first-order chi connectivity index (χ1) is 18.9. The molecule has 0 spiro atoms. The quantitative estimate of drug-likeness (QED) is 0.256. The molecule has 2 aromatic heterocycles. The van der Waals surface area contributed by atoms with Gasteiger partial charge in [0.05, 0.1) is 17.4 Å². The van der Waals surface area contributed by atoms with Crippen LogP contribution in [0.5, 0.6) is 5.75 Å². The summed E-state index contributed by atoms with van der Waals surface area (Å²) in [6.45, 7) is 19.2. The summed E-state index contributed by atoms with van der Waals surface area (Å²) in [5, 5.41) is 7.38. The number of halogens is 1. The van der Waals surface area contributed by atoms with E-state index in [1.807, 2.05) is 31.2 Å². The summed E-state index contributed by atoms with van der Waals surface area (Å²) in [5.74, 6) is 1.60. The standard InChI is InChI=1S/C30H43FN4O4Si/c1-19(39-40(7,8)30(4,5)6)18-37-24-11-9-10-23(16-24)28-33-27(25-20(2)35-38-21(25)3)26(31)29(34-28)32-17-22-12-14-36-15-13-22/h9-11,16,19,22H,12-15,17-18H2,1-8H3,(H,32,33,34). The smallest absolute Gasteiger partial charge is 0.192 e. The van der Waals surface area contributed by atoms with Gasteiger partial charge in [0, 0.05) is 25.3 Å². The second-order valence-electron chi connectivity index (χ2n) is 12.2. The molecule has 1 saturated heterocycles. The normalized spacial score (nSPS) is 15.7.